The molecular formula is C26H22N2O8. The van der Waals surface area contributed by atoms with Crippen LogP contribution in [0.4, 0.5) is 11.4 Å². The molecule has 0 unspecified atom stereocenters. The van der Waals surface area contributed by atoms with E-state index < -0.39 is 29.3 Å². The summed E-state index contributed by atoms with van der Waals surface area (Å²) >= 11 is 0. The summed E-state index contributed by atoms with van der Waals surface area (Å²) in [6.07, 6.45) is 1.26. The van der Waals surface area contributed by atoms with Crippen LogP contribution in [0.2, 0.25) is 0 Å². The summed E-state index contributed by atoms with van der Waals surface area (Å²) in [6, 6.07) is 16.1. The van der Waals surface area contributed by atoms with Gasteiger partial charge in [0.1, 0.15) is 5.57 Å². The lowest BCUT2D eigenvalue weighted by Crippen LogP contribution is -2.26. The maximum atomic E-state index is 13.2. The van der Waals surface area contributed by atoms with E-state index in [9.17, 15) is 29.4 Å². The van der Waals surface area contributed by atoms with Crippen molar-refractivity contribution in [1.82, 2.24) is 0 Å². The van der Waals surface area contributed by atoms with Gasteiger partial charge in [-0.25, -0.2) is 9.59 Å². The smallest absolute Gasteiger partial charge is 0.337 e. The van der Waals surface area contributed by atoms with Gasteiger partial charge in [0, 0.05) is 0 Å². The van der Waals surface area contributed by atoms with Gasteiger partial charge in [0.05, 0.1) is 36.7 Å². The average molecular weight is 490 g/mol. The summed E-state index contributed by atoms with van der Waals surface area (Å²) in [5, 5.41) is 23.7. The number of carboxylic acids is 2. The Balaban J connectivity index is 2.05. The lowest BCUT2D eigenvalue weighted by Gasteiger charge is -2.13. The number of methoxy groups -OCH3 is 2. The van der Waals surface area contributed by atoms with Crippen molar-refractivity contribution in [2.45, 2.75) is 0 Å². The molecule has 0 heterocycles. The van der Waals surface area contributed by atoms with Crippen LogP contribution in [-0.4, -0.2) is 48.2 Å². The molecule has 3 aromatic carbocycles. The second-order valence-electron chi connectivity index (χ2n) is 7.28. The van der Waals surface area contributed by atoms with Crippen molar-refractivity contribution in [1.29, 1.82) is 0 Å². The van der Waals surface area contributed by atoms with Gasteiger partial charge in [0.15, 0.2) is 11.5 Å². The highest BCUT2D eigenvalue weighted by Gasteiger charge is 2.23. The highest BCUT2D eigenvalue weighted by Crippen LogP contribution is 2.29. The minimum absolute atomic E-state index is 0.0213. The first-order valence-electron chi connectivity index (χ1n) is 10.5. The maximum absolute atomic E-state index is 13.2. The Bertz CT molecular complexity index is 1290. The molecule has 0 atom stereocenters. The fraction of sp³-hybridized carbons (Fsp3) is 0.0769. The number of hydrogen-bond acceptors (Lipinski definition) is 6. The SMILES string of the molecule is COc1ccc(C=C(C(=O)Nc2ccccc2C(=O)O)C(=O)Nc2ccccc2C(=O)O)cc1OC. The number of hydrogen-bond donors (Lipinski definition) is 4. The van der Waals surface area contributed by atoms with Crippen molar-refractivity contribution in [2.24, 2.45) is 0 Å². The molecule has 10 nitrogen and oxygen atoms in total. The molecule has 0 saturated heterocycles. The molecule has 0 aliphatic rings. The maximum Gasteiger partial charge on any atom is 0.337 e. The average Bonchev–Trinajstić information content (AvgIpc) is 2.87. The molecular weight excluding hydrogens is 468 g/mol. The van der Waals surface area contributed by atoms with Crippen LogP contribution in [0.3, 0.4) is 0 Å². The number of carbonyl (C=O) groups is 4. The van der Waals surface area contributed by atoms with Crippen LogP contribution in [0.1, 0.15) is 26.3 Å². The zero-order valence-corrected chi connectivity index (χ0v) is 19.3. The number of nitrogens with one attached hydrogen (secondary N) is 2. The van der Waals surface area contributed by atoms with Gasteiger partial charge < -0.3 is 30.3 Å². The molecule has 184 valence electrons. The van der Waals surface area contributed by atoms with Crippen LogP contribution >= 0.6 is 0 Å². The summed E-state index contributed by atoms with van der Waals surface area (Å²) in [6.45, 7) is 0. The van der Waals surface area contributed by atoms with Gasteiger partial charge in [-0.1, -0.05) is 30.3 Å². The highest BCUT2D eigenvalue weighted by atomic mass is 16.5. The number of anilines is 2. The minimum Gasteiger partial charge on any atom is -0.493 e. The van der Waals surface area contributed by atoms with Gasteiger partial charge in [-0.05, 0) is 48.0 Å². The number of rotatable bonds is 9. The Morgan fingerprint density at radius 2 is 1.17 bits per heavy atom. The Morgan fingerprint density at radius 3 is 1.61 bits per heavy atom. The van der Waals surface area contributed by atoms with Crippen LogP contribution in [0.15, 0.2) is 72.3 Å². The lowest BCUT2D eigenvalue weighted by atomic mass is 10.1. The Labute approximate surface area is 205 Å². The molecule has 0 aliphatic carbocycles. The summed E-state index contributed by atoms with van der Waals surface area (Å²) in [5.74, 6) is -3.59. The Hall–Kier alpha value is -5.12. The second kappa shape index (κ2) is 11.3. The predicted molar refractivity (Wildman–Crippen MR) is 132 cm³/mol. The van der Waals surface area contributed by atoms with Gasteiger partial charge in [0.2, 0.25) is 0 Å². The summed E-state index contributed by atoms with van der Waals surface area (Å²) < 4.78 is 10.5. The number of benzene rings is 3. The van der Waals surface area contributed by atoms with Gasteiger partial charge >= 0.3 is 11.9 Å². The molecule has 3 rings (SSSR count). The van der Waals surface area contributed by atoms with Crippen LogP contribution in [0.5, 0.6) is 11.5 Å². The van der Waals surface area contributed by atoms with Crippen molar-refractivity contribution in [3.05, 3.63) is 89.0 Å². The van der Waals surface area contributed by atoms with Crippen LogP contribution < -0.4 is 20.1 Å². The number of carboxylic acid groups (broad SMARTS) is 2. The van der Waals surface area contributed by atoms with Crippen molar-refractivity contribution in [2.75, 3.05) is 24.9 Å². The zero-order valence-electron chi connectivity index (χ0n) is 19.3. The second-order valence-corrected chi connectivity index (χ2v) is 7.28. The van der Waals surface area contributed by atoms with Crippen molar-refractivity contribution < 1.29 is 38.9 Å². The van der Waals surface area contributed by atoms with E-state index in [4.69, 9.17) is 9.47 Å². The van der Waals surface area contributed by atoms with E-state index >= 15 is 0 Å². The van der Waals surface area contributed by atoms with E-state index in [1.54, 1.807) is 12.1 Å². The lowest BCUT2D eigenvalue weighted by molar-refractivity contribution is -0.118. The van der Waals surface area contributed by atoms with Gasteiger partial charge in [-0.2, -0.15) is 0 Å². The first-order valence-corrected chi connectivity index (χ1v) is 10.5. The van der Waals surface area contributed by atoms with Crippen molar-refractivity contribution >= 4 is 41.2 Å². The summed E-state index contributed by atoms with van der Waals surface area (Å²) in [7, 11) is 2.89. The van der Waals surface area contributed by atoms with E-state index in [1.165, 1.54) is 74.9 Å². The van der Waals surface area contributed by atoms with Crippen LogP contribution in [0.25, 0.3) is 6.08 Å². The summed E-state index contributed by atoms with van der Waals surface area (Å²) in [5.41, 5.74) is -0.409. The number of ether oxygens (including phenoxy) is 2. The van der Waals surface area contributed by atoms with Crippen LogP contribution in [-0.2, 0) is 9.59 Å². The third-order valence-electron chi connectivity index (χ3n) is 5.02. The third-order valence-corrected chi connectivity index (χ3v) is 5.02. The standard InChI is InChI=1S/C26H22N2O8/c1-35-21-12-11-15(14-22(21)36-2)13-18(23(29)27-19-9-5-3-7-16(19)25(31)32)24(30)28-20-10-6-4-8-17(20)26(33)34/h3-14H,1-2H3,(H,27,29)(H,28,30)(H,31,32)(H,33,34). The molecule has 0 saturated carbocycles. The highest BCUT2D eigenvalue weighted by molar-refractivity contribution is 6.29. The molecule has 0 bridgehead atoms. The number of carbonyl (C=O) groups excluding carboxylic acids is 2. The van der Waals surface area contributed by atoms with Crippen LogP contribution in [0, 0.1) is 0 Å². The molecule has 2 amide bonds. The molecule has 10 heteroatoms. The quantitative estimate of drug-likeness (QED) is 0.201. The molecule has 0 aliphatic heterocycles. The molecule has 0 radical (unpaired) electrons. The van der Waals surface area contributed by atoms with E-state index in [2.05, 4.69) is 10.6 Å². The van der Waals surface area contributed by atoms with Crippen molar-refractivity contribution in [3.8, 4) is 11.5 Å². The largest absolute Gasteiger partial charge is 0.493 e. The van der Waals surface area contributed by atoms with Gasteiger partial charge in [-0.3, -0.25) is 9.59 Å². The first-order chi connectivity index (χ1) is 17.2. The molecule has 4 N–H and O–H groups in total. The topological polar surface area (TPSA) is 151 Å². The van der Waals surface area contributed by atoms with Gasteiger partial charge in [-0.15, -0.1) is 0 Å². The number of amides is 2. The van der Waals surface area contributed by atoms with E-state index in [0.29, 0.717) is 17.1 Å². The Morgan fingerprint density at radius 1 is 0.694 bits per heavy atom. The first kappa shape index (κ1) is 25.5. The monoisotopic (exact) mass is 490 g/mol. The van der Waals surface area contributed by atoms with Gasteiger partial charge in [0.25, 0.3) is 11.8 Å². The van der Waals surface area contributed by atoms with E-state index in [0.717, 1.165) is 0 Å². The molecule has 0 fully saturated rings. The predicted octanol–water partition coefficient (Wildman–Crippen LogP) is 3.76. The molecule has 36 heavy (non-hydrogen) atoms. The number of para-hydroxylation sites is 2. The zero-order chi connectivity index (χ0) is 26.2. The summed E-state index contributed by atoms with van der Waals surface area (Å²) in [4.78, 5) is 49.5. The molecule has 0 spiro atoms. The normalized spacial score (nSPS) is 10.1. The fourth-order valence-electron chi connectivity index (χ4n) is 3.28. The Kier molecular flexibility index (Phi) is 8.03. The molecule has 3 aromatic rings. The fourth-order valence-corrected chi connectivity index (χ4v) is 3.28. The minimum atomic E-state index is -1.27. The van der Waals surface area contributed by atoms with Crippen molar-refractivity contribution in [3.63, 3.8) is 0 Å². The van der Waals surface area contributed by atoms with E-state index in [1.807, 2.05) is 0 Å². The third kappa shape index (κ3) is 5.86. The number of aromatic carboxylic acids is 2. The molecule has 0 aromatic heterocycles. The van der Waals surface area contributed by atoms with E-state index in [-0.39, 0.29) is 22.5 Å².